The smallest absolute Gasteiger partial charge is 0.260 e. The molecular formula is C9H15N5O3S. The van der Waals surface area contributed by atoms with Crippen LogP contribution >= 0.6 is 0 Å². The minimum absolute atomic E-state index is 0.0372. The zero-order valence-corrected chi connectivity index (χ0v) is 10.7. The standard InChI is InChI=1S/C9H15N5O3S/c1-14-5-12-8(10)9(14)18(16,17)13-6-2-3-7(15)11-4-6/h5-6,13H,2-4,10H2,1H3,(H,11,15). The Hall–Kier alpha value is -1.61. The molecule has 1 aromatic heterocycles. The van der Waals surface area contributed by atoms with Gasteiger partial charge in [0.2, 0.25) is 5.91 Å². The summed E-state index contributed by atoms with van der Waals surface area (Å²) in [7, 11) is -2.17. The number of aromatic nitrogens is 2. The molecule has 0 saturated carbocycles. The van der Waals surface area contributed by atoms with E-state index in [4.69, 9.17) is 5.73 Å². The number of hydrogen-bond acceptors (Lipinski definition) is 5. The van der Waals surface area contributed by atoms with Crippen molar-refractivity contribution in [1.29, 1.82) is 0 Å². The predicted molar refractivity (Wildman–Crippen MR) is 64.0 cm³/mol. The van der Waals surface area contributed by atoms with Gasteiger partial charge in [-0.05, 0) is 6.42 Å². The van der Waals surface area contributed by atoms with Crippen molar-refractivity contribution < 1.29 is 13.2 Å². The predicted octanol–water partition coefficient (Wildman–Crippen LogP) is -1.44. The van der Waals surface area contributed by atoms with Crippen molar-refractivity contribution in [1.82, 2.24) is 19.6 Å². The number of anilines is 1. The quantitative estimate of drug-likeness (QED) is 0.623. The van der Waals surface area contributed by atoms with Crippen LogP contribution in [0.2, 0.25) is 0 Å². The number of imidazole rings is 1. The molecule has 0 bridgehead atoms. The SMILES string of the molecule is Cn1cnc(N)c1S(=O)(=O)NC1CCC(=O)NC1. The Morgan fingerprint density at radius 3 is 2.83 bits per heavy atom. The highest BCUT2D eigenvalue weighted by atomic mass is 32.2. The van der Waals surface area contributed by atoms with Gasteiger partial charge in [0.1, 0.15) is 0 Å². The van der Waals surface area contributed by atoms with Crippen LogP contribution in [0.25, 0.3) is 0 Å². The molecule has 8 nitrogen and oxygen atoms in total. The molecule has 1 saturated heterocycles. The Morgan fingerprint density at radius 1 is 1.61 bits per heavy atom. The number of nitrogen functional groups attached to an aromatic ring is 1. The average Bonchev–Trinajstić information content (AvgIpc) is 2.62. The lowest BCUT2D eigenvalue weighted by Crippen LogP contribution is -2.47. The number of nitrogens with one attached hydrogen (secondary N) is 2. The Bertz CT molecular complexity index is 535. The van der Waals surface area contributed by atoms with E-state index in [0.29, 0.717) is 12.8 Å². The number of carbonyl (C=O) groups excluding carboxylic acids is 1. The van der Waals surface area contributed by atoms with Crippen molar-refractivity contribution in [2.75, 3.05) is 12.3 Å². The molecule has 1 aliphatic rings. The largest absolute Gasteiger partial charge is 0.381 e. The van der Waals surface area contributed by atoms with E-state index in [1.807, 2.05) is 0 Å². The Morgan fingerprint density at radius 2 is 2.33 bits per heavy atom. The van der Waals surface area contributed by atoms with E-state index in [1.165, 1.54) is 10.9 Å². The van der Waals surface area contributed by atoms with Crippen LogP contribution in [0.4, 0.5) is 5.82 Å². The van der Waals surface area contributed by atoms with E-state index in [2.05, 4.69) is 15.0 Å². The zero-order valence-electron chi connectivity index (χ0n) is 9.88. The second-order valence-electron chi connectivity index (χ2n) is 4.21. The van der Waals surface area contributed by atoms with Crippen LogP contribution in [0.3, 0.4) is 0 Å². The van der Waals surface area contributed by atoms with Gasteiger partial charge in [-0.25, -0.2) is 18.1 Å². The van der Waals surface area contributed by atoms with Crippen LogP contribution in [0, 0.1) is 0 Å². The highest BCUT2D eigenvalue weighted by molar-refractivity contribution is 7.89. The van der Waals surface area contributed by atoms with Gasteiger partial charge in [-0.1, -0.05) is 0 Å². The molecule has 2 heterocycles. The van der Waals surface area contributed by atoms with Crippen molar-refractivity contribution in [2.45, 2.75) is 23.9 Å². The fraction of sp³-hybridized carbons (Fsp3) is 0.556. The van der Waals surface area contributed by atoms with Crippen molar-refractivity contribution in [3.8, 4) is 0 Å². The first-order chi connectivity index (χ1) is 8.40. The van der Waals surface area contributed by atoms with Crippen LogP contribution in [-0.4, -0.2) is 36.5 Å². The molecule has 1 unspecified atom stereocenters. The maximum atomic E-state index is 12.1. The van der Waals surface area contributed by atoms with Crippen LogP contribution in [0.5, 0.6) is 0 Å². The topological polar surface area (TPSA) is 119 Å². The minimum Gasteiger partial charge on any atom is -0.381 e. The normalized spacial score (nSPS) is 20.7. The van der Waals surface area contributed by atoms with E-state index in [9.17, 15) is 13.2 Å². The first kappa shape index (κ1) is 12.8. The molecule has 1 atom stereocenters. The third-order valence-corrected chi connectivity index (χ3v) is 4.40. The molecule has 1 aliphatic heterocycles. The van der Waals surface area contributed by atoms with Crippen molar-refractivity contribution in [3.63, 3.8) is 0 Å². The zero-order chi connectivity index (χ0) is 13.3. The summed E-state index contributed by atoms with van der Waals surface area (Å²) in [4.78, 5) is 14.7. The summed E-state index contributed by atoms with van der Waals surface area (Å²) in [6.07, 6.45) is 2.13. The van der Waals surface area contributed by atoms with Crippen LogP contribution in [0.1, 0.15) is 12.8 Å². The van der Waals surface area contributed by atoms with Crippen molar-refractivity contribution >= 4 is 21.7 Å². The van der Waals surface area contributed by atoms with Crippen LogP contribution < -0.4 is 15.8 Å². The highest BCUT2D eigenvalue weighted by Crippen LogP contribution is 2.16. The van der Waals surface area contributed by atoms with E-state index < -0.39 is 10.0 Å². The molecule has 1 fully saturated rings. The monoisotopic (exact) mass is 273 g/mol. The Kier molecular flexibility index (Phi) is 3.26. The summed E-state index contributed by atoms with van der Waals surface area (Å²) in [5.74, 6) is -0.102. The number of rotatable bonds is 3. The lowest BCUT2D eigenvalue weighted by Gasteiger charge is -2.23. The molecule has 4 N–H and O–H groups in total. The molecule has 100 valence electrons. The van der Waals surface area contributed by atoms with Crippen molar-refractivity contribution in [2.24, 2.45) is 7.05 Å². The minimum atomic E-state index is -3.72. The second kappa shape index (κ2) is 4.58. The summed E-state index contributed by atoms with van der Waals surface area (Å²) in [5, 5.41) is 2.55. The number of amides is 1. The van der Waals surface area contributed by atoms with E-state index in [-0.39, 0.29) is 29.3 Å². The summed E-state index contributed by atoms with van der Waals surface area (Å²) >= 11 is 0. The molecule has 18 heavy (non-hydrogen) atoms. The van der Waals surface area contributed by atoms with Gasteiger partial charge in [0.25, 0.3) is 10.0 Å². The third kappa shape index (κ3) is 2.46. The summed E-state index contributed by atoms with van der Waals surface area (Å²) in [5.41, 5.74) is 5.53. The molecule has 0 aromatic carbocycles. The maximum absolute atomic E-state index is 12.1. The number of nitrogens with zero attached hydrogens (tertiary/aromatic N) is 2. The number of hydrogen-bond donors (Lipinski definition) is 3. The number of aryl methyl sites for hydroxylation is 1. The molecular weight excluding hydrogens is 258 g/mol. The molecule has 0 spiro atoms. The van der Waals surface area contributed by atoms with Gasteiger partial charge in [0, 0.05) is 26.1 Å². The van der Waals surface area contributed by atoms with Gasteiger partial charge >= 0.3 is 0 Å². The van der Waals surface area contributed by atoms with Gasteiger partial charge in [0.15, 0.2) is 10.8 Å². The highest BCUT2D eigenvalue weighted by Gasteiger charge is 2.27. The lowest BCUT2D eigenvalue weighted by molar-refractivity contribution is -0.122. The van der Waals surface area contributed by atoms with Gasteiger partial charge in [-0.2, -0.15) is 0 Å². The van der Waals surface area contributed by atoms with Crippen LogP contribution in [0.15, 0.2) is 11.4 Å². The first-order valence-electron chi connectivity index (χ1n) is 5.46. The van der Waals surface area contributed by atoms with Gasteiger partial charge < -0.3 is 15.6 Å². The Labute approximate surface area is 105 Å². The van der Waals surface area contributed by atoms with E-state index in [1.54, 1.807) is 7.05 Å². The molecule has 1 aromatic rings. The molecule has 0 radical (unpaired) electrons. The molecule has 0 aliphatic carbocycles. The second-order valence-corrected chi connectivity index (χ2v) is 5.84. The molecule has 1 amide bonds. The third-order valence-electron chi connectivity index (χ3n) is 2.75. The fourth-order valence-electron chi connectivity index (χ4n) is 1.87. The first-order valence-corrected chi connectivity index (χ1v) is 6.94. The molecule has 9 heteroatoms. The number of carbonyl (C=O) groups is 1. The summed E-state index contributed by atoms with van der Waals surface area (Å²) < 4.78 is 28.1. The van der Waals surface area contributed by atoms with Gasteiger partial charge in [-0.3, -0.25) is 4.79 Å². The Balaban J connectivity index is 2.15. The summed E-state index contributed by atoms with van der Waals surface area (Å²) in [6, 6.07) is -0.318. The van der Waals surface area contributed by atoms with Crippen molar-refractivity contribution in [3.05, 3.63) is 6.33 Å². The number of nitrogens with two attached hydrogens (primary N) is 1. The number of piperidine rings is 1. The summed E-state index contributed by atoms with van der Waals surface area (Å²) in [6.45, 7) is 0.288. The fourth-order valence-corrected chi connectivity index (χ4v) is 3.38. The molecule has 2 rings (SSSR count). The lowest BCUT2D eigenvalue weighted by atomic mass is 10.1. The number of sulfonamides is 1. The van der Waals surface area contributed by atoms with E-state index >= 15 is 0 Å². The van der Waals surface area contributed by atoms with Gasteiger partial charge in [-0.15, -0.1) is 0 Å². The maximum Gasteiger partial charge on any atom is 0.260 e. The van der Waals surface area contributed by atoms with Gasteiger partial charge in [0.05, 0.1) is 6.33 Å². The van der Waals surface area contributed by atoms with Crippen LogP contribution in [-0.2, 0) is 21.9 Å². The van der Waals surface area contributed by atoms with E-state index in [0.717, 1.165) is 0 Å². The average molecular weight is 273 g/mol.